The molecule has 0 N–H and O–H groups in total. The Morgan fingerprint density at radius 2 is 1.76 bits per heavy atom. The van der Waals surface area contributed by atoms with Crippen LogP contribution in [0.15, 0.2) is 30.3 Å². The fourth-order valence-electron chi connectivity index (χ4n) is 1.54. The minimum Gasteiger partial charge on any atom is -0.377 e. The minimum atomic E-state index is -2.50. The third-order valence-electron chi connectivity index (χ3n) is 2.56. The summed E-state index contributed by atoms with van der Waals surface area (Å²) in [5.74, 6) is 0.816. The number of rotatable bonds is 8. The summed E-state index contributed by atoms with van der Waals surface area (Å²) in [5.41, 5.74) is 1.13. The Bertz CT molecular complexity index is 304. The highest BCUT2D eigenvalue weighted by atomic mass is 32.1. The second-order valence-electron chi connectivity index (χ2n) is 3.69. The number of hydrogen-bond acceptors (Lipinski definition) is 4. The van der Waals surface area contributed by atoms with E-state index in [4.69, 9.17) is 13.3 Å². The van der Waals surface area contributed by atoms with Crippen molar-refractivity contribution in [3.05, 3.63) is 35.9 Å². The standard InChI is InChI=1S/C12H20O3SSi/c1-13-17(14-2,10-6-9-16)15-11-12-7-4-3-5-8-12/h3-5,7-8,16H,6,9-11H2,1-2H3. The zero-order valence-corrected chi connectivity index (χ0v) is 12.3. The molecule has 0 spiro atoms. The molecule has 0 aliphatic carbocycles. The van der Waals surface area contributed by atoms with Gasteiger partial charge in [0.25, 0.3) is 0 Å². The van der Waals surface area contributed by atoms with Gasteiger partial charge in [0.1, 0.15) is 0 Å². The Balaban J connectivity index is 2.54. The van der Waals surface area contributed by atoms with Crippen LogP contribution < -0.4 is 0 Å². The number of hydrogen-bond donors (Lipinski definition) is 1. The molecular formula is C12H20O3SSi. The second-order valence-corrected chi connectivity index (χ2v) is 7.11. The summed E-state index contributed by atoms with van der Waals surface area (Å²) in [5, 5.41) is 0. The molecule has 17 heavy (non-hydrogen) atoms. The van der Waals surface area contributed by atoms with Gasteiger partial charge in [0, 0.05) is 20.3 Å². The van der Waals surface area contributed by atoms with Gasteiger partial charge in [0.05, 0.1) is 6.61 Å². The highest BCUT2D eigenvalue weighted by Gasteiger charge is 2.38. The van der Waals surface area contributed by atoms with Crippen LogP contribution in [0.2, 0.25) is 6.04 Å². The third kappa shape index (κ3) is 4.81. The van der Waals surface area contributed by atoms with E-state index in [1.165, 1.54) is 0 Å². The highest BCUT2D eigenvalue weighted by molar-refractivity contribution is 7.80. The summed E-state index contributed by atoms with van der Waals surface area (Å²) in [6.07, 6.45) is 0.936. The lowest BCUT2D eigenvalue weighted by Crippen LogP contribution is -2.43. The molecule has 0 atom stereocenters. The Morgan fingerprint density at radius 1 is 1.12 bits per heavy atom. The van der Waals surface area contributed by atoms with E-state index in [1.54, 1.807) is 14.2 Å². The van der Waals surface area contributed by atoms with Gasteiger partial charge in [-0.15, -0.1) is 0 Å². The highest BCUT2D eigenvalue weighted by Crippen LogP contribution is 2.18. The molecule has 0 radical (unpaired) electrons. The molecule has 3 nitrogen and oxygen atoms in total. The molecule has 0 unspecified atom stereocenters. The fourth-order valence-corrected chi connectivity index (χ4v) is 3.95. The molecule has 1 aromatic rings. The van der Waals surface area contributed by atoms with Crippen LogP contribution in [0.4, 0.5) is 0 Å². The molecule has 0 aromatic heterocycles. The van der Waals surface area contributed by atoms with Gasteiger partial charge in [-0.3, -0.25) is 0 Å². The average Bonchev–Trinajstić information content (AvgIpc) is 2.41. The zero-order valence-electron chi connectivity index (χ0n) is 10.4. The van der Waals surface area contributed by atoms with Crippen molar-refractivity contribution in [3.8, 4) is 0 Å². The molecule has 0 fully saturated rings. The van der Waals surface area contributed by atoms with Crippen molar-refractivity contribution in [1.29, 1.82) is 0 Å². The maximum absolute atomic E-state index is 5.88. The summed E-state index contributed by atoms with van der Waals surface area (Å²) >= 11 is 4.20. The Labute approximate surface area is 110 Å². The first kappa shape index (κ1) is 14.7. The molecule has 0 aliphatic rings. The molecule has 1 aromatic carbocycles. The van der Waals surface area contributed by atoms with Crippen LogP contribution >= 0.6 is 12.6 Å². The van der Waals surface area contributed by atoms with Crippen molar-refractivity contribution in [3.63, 3.8) is 0 Å². The van der Waals surface area contributed by atoms with E-state index < -0.39 is 8.80 Å². The van der Waals surface area contributed by atoms with E-state index in [0.29, 0.717) is 6.61 Å². The normalized spacial score (nSPS) is 11.7. The first-order chi connectivity index (χ1) is 8.26. The Morgan fingerprint density at radius 3 is 2.29 bits per heavy atom. The van der Waals surface area contributed by atoms with Crippen LogP contribution in [0.5, 0.6) is 0 Å². The van der Waals surface area contributed by atoms with Gasteiger partial charge < -0.3 is 13.3 Å². The van der Waals surface area contributed by atoms with E-state index in [-0.39, 0.29) is 0 Å². The largest absolute Gasteiger partial charge is 0.500 e. The van der Waals surface area contributed by atoms with E-state index in [1.807, 2.05) is 30.3 Å². The molecule has 0 saturated heterocycles. The van der Waals surface area contributed by atoms with Crippen molar-refractivity contribution < 1.29 is 13.3 Å². The van der Waals surface area contributed by atoms with Gasteiger partial charge in [-0.25, -0.2) is 0 Å². The molecule has 0 bridgehead atoms. The maximum atomic E-state index is 5.88. The lowest BCUT2D eigenvalue weighted by atomic mass is 10.2. The smallest absolute Gasteiger partial charge is 0.377 e. The van der Waals surface area contributed by atoms with Crippen LogP contribution in [-0.2, 0) is 19.9 Å². The Hall–Kier alpha value is -0.333. The molecule has 1 rings (SSSR count). The predicted octanol–water partition coefficient (Wildman–Crippen LogP) is 2.75. The predicted molar refractivity (Wildman–Crippen MR) is 74.3 cm³/mol. The van der Waals surface area contributed by atoms with Crippen LogP contribution in [0, 0.1) is 0 Å². The van der Waals surface area contributed by atoms with Crippen LogP contribution in [0.1, 0.15) is 12.0 Å². The SMILES string of the molecule is CO[Si](CCCS)(OC)OCc1ccccc1. The van der Waals surface area contributed by atoms with E-state index in [9.17, 15) is 0 Å². The summed E-state index contributed by atoms with van der Waals surface area (Å²) in [6, 6.07) is 10.8. The van der Waals surface area contributed by atoms with Gasteiger partial charge in [0.15, 0.2) is 0 Å². The van der Waals surface area contributed by atoms with Crippen molar-refractivity contribution in [2.75, 3.05) is 20.0 Å². The van der Waals surface area contributed by atoms with Crippen molar-refractivity contribution in [1.82, 2.24) is 0 Å². The molecule has 5 heteroatoms. The van der Waals surface area contributed by atoms with E-state index in [0.717, 1.165) is 23.8 Å². The van der Waals surface area contributed by atoms with Gasteiger partial charge in [-0.2, -0.15) is 12.6 Å². The van der Waals surface area contributed by atoms with Crippen molar-refractivity contribution >= 4 is 21.4 Å². The van der Waals surface area contributed by atoms with Crippen LogP contribution in [-0.4, -0.2) is 28.8 Å². The van der Waals surface area contributed by atoms with E-state index in [2.05, 4.69) is 12.6 Å². The minimum absolute atomic E-state index is 0.529. The molecule has 96 valence electrons. The van der Waals surface area contributed by atoms with Crippen molar-refractivity contribution in [2.24, 2.45) is 0 Å². The van der Waals surface area contributed by atoms with Crippen molar-refractivity contribution in [2.45, 2.75) is 19.1 Å². The third-order valence-corrected chi connectivity index (χ3v) is 5.67. The first-order valence-corrected chi connectivity index (χ1v) is 8.22. The maximum Gasteiger partial charge on any atom is 0.500 e. The number of benzene rings is 1. The van der Waals surface area contributed by atoms with Gasteiger partial charge in [0.2, 0.25) is 0 Å². The lowest BCUT2D eigenvalue weighted by Gasteiger charge is -2.26. The quantitative estimate of drug-likeness (QED) is 0.582. The fraction of sp³-hybridized carbons (Fsp3) is 0.500. The van der Waals surface area contributed by atoms with Crippen LogP contribution in [0.25, 0.3) is 0 Å². The topological polar surface area (TPSA) is 27.7 Å². The average molecular weight is 272 g/mol. The molecular weight excluding hydrogens is 252 g/mol. The van der Waals surface area contributed by atoms with E-state index >= 15 is 0 Å². The monoisotopic (exact) mass is 272 g/mol. The van der Waals surface area contributed by atoms with Gasteiger partial charge in [-0.1, -0.05) is 30.3 Å². The molecule has 0 saturated carbocycles. The molecule has 0 amide bonds. The molecule has 0 heterocycles. The summed E-state index contributed by atoms with van der Waals surface area (Å²) in [7, 11) is 0.808. The lowest BCUT2D eigenvalue weighted by molar-refractivity contribution is 0.0912. The first-order valence-electron chi connectivity index (χ1n) is 5.65. The zero-order chi connectivity index (χ0) is 12.6. The second kappa shape index (κ2) is 7.89. The summed E-state index contributed by atoms with van der Waals surface area (Å²) < 4.78 is 16.8. The summed E-state index contributed by atoms with van der Waals surface area (Å²) in [6.45, 7) is 0.529. The molecule has 0 aliphatic heterocycles. The number of thiol groups is 1. The van der Waals surface area contributed by atoms with Gasteiger partial charge >= 0.3 is 8.80 Å². The Kier molecular flexibility index (Phi) is 6.84. The van der Waals surface area contributed by atoms with Gasteiger partial charge in [-0.05, 0) is 17.7 Å². The summed E-state index contributed by atoms with van der Waals surface area (Å²) in [4.78, 5) is 0. The van der Waals surface area contributed by atoms with Crippen LogP contribution in [0.3, 0.4) is 0 Å².